The average molecular weight is 197 g/mol. The van der Waals surface area contributed by atoms with Crippen molar-refractivity contribution < 1.29 is 9.90 Å². The Morgan fingerprint density at radius 2 is 2.31 bits per heavy atom. The second-order valence-electron chi connectivity index (χ2n) is 2.23. The Labute approximate surface area is 79.4 Å². The Hall–Kier alpha value is -1.73. The summed E-state index contributed by atoms with van der Waals surface area (Å²) in [5, 5.41) is 19.3. The molecule has 0 heterocycles. The molecule has 5 heteroatoms. The highest BCUT2D eigenvalue weighted by atomic mass is 35.5. The molecule has 0 fully saturated rings. The largest absolute Gasteiger partial charge is 0.508 e. The topological polar surface area (TPSA) is 73.1 Å². The lowest BCUT2D eigenvalue weighted by Gasteiger charge is -2.00. The Morgan fingerprint density at radius 3 is 2.92 bits per heavy atom. The molecule has 0 aromatic heterocycles. The average Bonchev–Trinajstić information content (AvgIpc) is 2.09. The van der Waals surface area contributed by atoms with E-state index in [-0.39, 0.29) is 16.3 Å². The first-order chi connectivity index (χ1) is 6.15. The van der Waals surface area contributed by atoms with Crippen LogP contribution in [0.3, 0.4) is 0 Å². The molecule has 0 aliphatic rings. The van der Waals surface area contributed by atoms with E-state index in [1.807, 2.05) is 5.32 Å². The van der Waals surface area contributed by atoms with Crippen LogP contribution in [0, 0.1) is 11.5 Å². The molecular weight excluding hydrogens is 192 g/mol. The smallest absolute Gasteiger partial charge is 0.265 e. The van der Waals surface area contributed by atoms with Crippen molar-refractivity contribution >= 4 is 17.5 Å². The molecule has 1 amide bonds. The number of amides is 1. The summed E-state index contributed by atoms with van der Waals surface area (Å²) in [6.07, 6.45) is 1.47. The van der Waals surface area contributed by atoms with Gasteiger partial charge in [0.2, 0.25) is 0 Å². The Kier molecular flexibility index (Phi) is 2.72. The summed E-state index contributed by atoms with van der Waals surface area (Å²) < 4.78 is 0. The van der Waals surface area contributed by atoms with E-state index in [1.54, 1.807) is 0 Å². The molecule has 4 nitrogen and oxygen atoms in total. The van der Waals surface area contributed by atoms with Crippen LogP contribution in [0.15, 0.2) is 18.2 Å². The van der Waals surface area contributed by atoms with E-state index in [0.29, 0.717) is 0 Å². The molecular formula is C8H5ClN2O2. The van der Waals surface area contributed by atoms with Crippen LogP contribution >= 0.6 is 11.6 Å². The van der Waals surface area contributed by atoms with Gasteiger partial charge in [0.15, 0.2) is 6.19 Å². The van der Waals surface area contributed by atoms with Crippen molar-refractivity contribution in [2.24, 2.45) is 0 Å². The van der Waals surface area contributed by atoms with Gasteiger partial charge in [-0.2, -0.15) is 5.26 Å². The van der Waals surface area contributed by atoms with Gasteiger partial charge in [-0.1, -0.05) is 11.6 Å². The number of hydrogen-bond acceptors (Lipinski definition) is 3. The SMILES string of the molecule is N#CNC(=O)c1cc(O)ccc1Cl. The summed E-state index contributed by atoms with van der Waals surface area (Å²) in [5.41, 5.74) is 0.0724. The first kappa shape index (κ1) is 9.36. The van der Waals surface area contributed by atoms with Crippen LogP contribution in [0.5, 0.6) is 5.75 Å². The van der Waals surface area contributed by atoms with E-state index in [0.717, 1.165) is 0 Å². The van der Waals surface area contributed by atoms with E-state index in [4.69, 9.17) is 22.0 Å². The first-order valence-electron chi connectivity index (χ1n) is 3.33. The van der Waals surface area contributed by atoms with Crippen LogP contribution in [0.25, 0.3) is 0 Å². The van der Waals surface area contributed by atoms with Gasteiger partial charge in [0.25, 0.3) is 5.91 Å². The van der Waals surface area contributed by atoms with Gasteiger partial charge < -0.3 is 5.11 Å². The zero-order valence-corrected chi connectivity index (χ0v) is 7.17. The number of nitrogens with one attached hydrogen (secondary N) is 1. The highest BCUT2D eigenvalue weighted by molar-refractivity contribution is 6.33. The van der Waals surface area contributed by atoms with Crippen molar-refractivity contribution in [3.8, 4) is 11.9 Å². The van der Waals surface area contributed by atoms with Crippen molar-refractivity contribution in [1.29, 1.82) is 5.26 Å². The van der Waals surface area contributed by atoms with E-state index in [2.05, 4.69) is 0 Å². The fraction of sp³-hybridized carbons (Fsp3) is 0. The summed E-state index contributed by atoms with van der Waals surface area (Å²) in [7, 11) is 0. The summed E-state index contributed by atoms with van der Waals surface area (Å²) in [6, 6.07) is 3.92. The lowest BCUT2D eigenvalue weighted by molar-refractivity contribution is 0.0972. The number of carbonyl (C=O) groups excluding carboxylic acids is 1. The number of carbonyl (C=O) groups is 1. The normalized spacial score (nSPS) is 8.92. The van der Waals surface area contributed by atoms with Gasteiger partial charge in [0.05, 0.1) is 10.6 Å². The number of halogens is 1. The number of benzene rings is 1. The van der Waals surface area contributed by atoms with Gasteiger partial charge in [-0.25, -0.2) is 0 Å². The number of aromatic hydroxyl groups is 1. The molecule has 1 aromatic carbocycles. The molecule has 0 bridgehead atoms. The standard InChI is InChI=1S/C8H5ClN2O2/c9-7-2-1-5(12)3-6(7)8(13)11-4-10/h1-3,12H,(H,11,13). The number of rotatable bonds is 1. The van der Waals surface area contributed by atoms with Gasteiger partial charge in [-0.3, -0.25) is 10.1 Å². The summed E-state index contributed by atoms with van der Waals surface area (Å²) in [5.74, 6) is -0.712. The zero-order chi connectivity index (χ0) is 9.84. The lowest BCUT2D eigenvalue weighted by atomic mass is 10.2. The van der Waals surface area contributed by atoms with E-state index < -0.39 is 5.91 Å². The molecule has 2 N–H and O–H groups in total. The van der Waals surface area contributed by atoms with Gasteiger partial charge in [-0.05, 0) is 18.2 Å². The maximum absolute atomic E-state index is 11.1. The van der Waals surface area contributed by atoms with Crippen LogP contribution in [0.2, 0.25) is 5.02 Å². The van der Waals surface area contributed by atoms with Crippen molar-refractivity contribution in [2.75, 3.05) is 0 Å². The molecule has 0 saturated carbocycles. The van der Waals surface area contributed by atoms with E-state index in [9.17, 15) is 4.79 Å². The third-order valence-corrected chi connectivity index (χ3v) is 1.69. The van der Waals surface area contributed by atoms with Crippen LogP contribution in [-0.4, -0.2) is 11.0 Å². The predicted molar refractivity (Wildman–Crippen MR) is 46.2 cm³/mol. The van der Waals surface area contributed by atoms with Crippen molar-refractivity contribution in [1.82, 2.24) is 5.32 Å². The minimum Gasteiger partial charge on any atom is -0.508 e. The molecule has 0 aliphatic carbocycles. The number of nitrogens with zero attached hydrogens (tertiary/aromatic N) is 1. The number of nitriles is 1. The van der Waals surface area contributed by atoms with Gasteiger partial charge in [0.1, 0.15) is 5.75 Å². The minimum atomic E-state index is -0.636. The third kappa shape index (κ3) is 2.10. The quantitative estimate of drug-likeness (QED) is 0.525. The molecule has 0 unspecified atom stereocenters. The zero-order valence-electron chi connectivity index (χ0n) is 6.41. The van der Waals surface area contributed by atoms with Gasteiger partial charge >= 0.3 is 0 Å². The maximum atomic E-state index is 11.1. The molecule has 13 heavy (non-hydrogen) atoms. The first-order valence-corrected chi connectivity index (χ1v) is 3.71. The second-order valence-corrected chi connectivity index (χ2v) is 2.64. The van der Waals surface area contributed by atoms with E-state index >= 15 is 0 Å². The number of hydrogen-bond donors (Lipinski definition) is 2. The lowest BCUT2D eigenvalue weighted by Crippen LogP contribution is -2.17. The van der Waals surface area contributed by atoms with Gasteiger partial charge in [0, 0.05) is 0 Å². The van der Waals surface area contributed by atoms with Crippen LogP contribution in [0.1, 0.15) is 10.4 Å². The third-order valence-electron chi connectivity index (χ3n) is 1.36. The Morgan fingerprint density at radius 1 is 1.62 bits per heavy atom. The fourth-order valence-electron chi connectivity index (χ4n) is 0.805. The maximum Gasteiger partial charge on any atom is 0.265 e. The molecule has 1 aromatic rings. The minimum absolute atomic E-state index is 0.0724. The molecule has 0 spiro atoms. The monoisotopic (exact) mass is 196 g/mol. The number of phenolic OH excluding ortho intramolecular Hbond substituents is 1. The Balaban J connectivity index is 3.07. The molecule has 0 radical (unpaired) electrons. The van der Waals surface area contributed by atoms with Crippen LogP contribution in [-0.2, 0) is 0 Å². The van der Waals surface area contributed by atoms with Crippen molar-refractivity contribution in [3.63, 3.8) is 0 Å². The van der Waals surface area contributed by atoms with Crippen molar-refractivity contribution in [3.05, 3.63) is 28.8 Å². The molecule has 0 aliphatic heterocycles. The molecule has 66 valence electrons. The Bertz CT molecular complexity index is 384. The highest BCUT2D eigenvalue weighted by Crippen LogP contribution is 2.20. The van der Waals surface area contributed by atoms with Crippen LogP contribution < -0.4 is 5.32 Å². The highest BCUT2D eigenvalue weighted by Gasteiger charge is 2.09. The molecule has 0 saturated heterocycles. The van der Waals surface area contributed by atoms with Gasteiger partial charge in [-0.15, -0.1) is 0 Å². The number of phenols is 1. The fourth-order valence-corrected chi connectivity index (χ4v) is 1.01. The summed E-state index contributed by atoms with van der Waals surface area (Å²) >= 11 is 5.65. The predicted octanol–water partition coefficient (Wildman–Crippen LogP) is 1.26. The summed E-state index contributed by atoms with van der Waals surface area (Å²) in [6.45, 7) is 0. The second kappa shape index (κ2) is 3.78. The molecule has 1 rings (SSSR count). The molecule has 0 atom stereocenters. The van der Waals surface area contributed by atoms with Crippen molar-refractivity contribution in [2.45, 2.75) is 0 Å². The summed E-state index contributed by atoms with van der Waals surface area (Å²) in [4.78, 5) is 11.1. The van der Waals surface area contributed by atoms with Crippen LogP contribution in [0.4, 0.5) is 0 Å². The van der Waals surface area contributed by atoms with E-state index in [1.165, 1.54) is 24.4 Å².